The molecule has 0 fully saturated rings. The minimum Gasteiger partial charge on any atom is -0.468 e. The van der Waals surface area contributed by atoms with Gasteiger partial charge in [0, 0.05) is 6.54 Å². The Morgan fingerprint density at radius 2 is 1.85 bits per heavy atom. The van der Waals surface area contributed by atoms with Crippen LogP contribution in [0.4, 0.5) is 4.79 Å². The number of urea groups is 1. The molecule has 2 N–H and O–H groups in total. The molecule has 2 atom stereocenters. The van der Waals surface area contributed by atoms with Crippen LogP contribution in [0, 0.1) is 0 Å². The van der Waals surface area contributed by atoms with Gasteiger partial charge >= 0.3 is 6.03 Å². The van der Waals surface area contributed by atoms with Gasteiger partial charge in [-0.05, 0) is 49.5 Å². The van der Waals surface area contributed by atoms with Gasteiger partial charge in [0.15, 0.2) is 0 Å². The third-order valence-corrected chi connectivity index (χ3v) is 4.59. The van der Waals surface area contributed by atoms with Crippen LogP contribution in [0.25, 0.3) is 10.8 Å². The van der Waals surface area contributed by atoms with Crippen molar-refractivity contribution in [3.8, 4) is 0 Å². The van der Waals surface area contributed by atoms with E-state index < -0.39 is 0 Å². The molecule has 0 saturated heterocycles. The summed E-state index contributed by atoms with van der Waals surface area (Å²) in [5.41, 5.74) is 1.11. The normalized spacial score (nSPS) is 13.5. The number of hydrogen-bond donors (Lipinski definition) is 2. The molecule has 0 aliphatic rings. The van der Waals surface area contributed by atoms with E-state index in [2.05, 4.69) is 34.9 Å². The van der Waals surface area contributed by atoms with Crippen LogP contribution in [0.2, 0.25) is 0 Å². The van der Waals surface area contributed by atoms with Gasteiger partial charge < -0.3 is 15.1 Å². The highest BCUT2D eigenvalue weighted by atomic mass is 16.3. The van der Waals surface area contributed by atoms with Crippen molar-refractivity contribution in [1.29, 1.82) is 0 Å². The van der Waals surface area contributed by atoms with E-state index in [1.54, 1.807) is 6.26 Å². The number of benzene rings is 2. The van der Waals surface area contributed by atoms with Crippen molar-refractivity contribution in [3.05, 3.63) is 72.2 Å². The maximum Gasteiger partial charge on any atom is 0.315 e. The van der Waals surface area contributed by atoms with E-state index >= 15 is 0 Å². The number of likely N-dealkylation sites (N-methyl/N-ethyl adjacent to an activating group) is 1. The predicted molar refractivity (Wildman–Crippen MR) is 104 cm³/mol. The summed E-state index contributed by atoms with van der Waals surface area (Å²) < 4.78 is 5.47. The van der Waals surface area contributed by atoms with Gasteiger partial charge in [0.2, 0.25) is 0 Å². The van der Waals surface area contributed by atoms with E-state index in [9.17, 15) is 4.79 Å². The van der Waals surface area contributed by atoms with E-state index in [0.717, 1.165) is 16.7 Å². The van der Waals surface area contributed by atoms with Gasteiger partial charge in [-0.2, -0.15) is 0 Å². The highest BCUT2D eigenvalue weighted by Crippen LogP contribution is 2.24. The molecule has 5 nitrogen and oxygen atoms in total. The molecule has 3 rings (SSSR count). The van der Waals surface area contributed by atoms with Crippen molar-refractivity contribution in [3.63, 3.8) is 0 Å². The lowest BCUT2D eigenvalue weighted by molar-refractivity contribution is 0.223. The zero-order valence-electron chi connectivity index (χ0n) is 15.4. The smallest absolute Gasteiger partial charge is 0.315 e. The maximum atomic E-state index is 12.4. The maximum absolute atomic E-state index is 12.4. The molecule has 0 saturated carbocycles. The second kappa shape index (κ2) is 8.06. The fourth-order valence-corrected chi connectivity index (χ4v) is 3.16. The Morgan fingerprint density at radius 3 is 2.58 bits per heavy atom. The van der Waals surface area contributed by atoms with Crippen molar-refractivity contribution >= 4 is 16.8 Å². The summed E-state index contributed by atoms with van der Waals surface area (Å²) in [5.74, 6) is 0.831. The number of rotatable bonds is 6. The van der Waals surface area contributed by atoms with Gasteiger partial charge in [-0.1, -0.05) is 42.5 Å². The minimum absolute atomic E-state index is 0.0105. The van der Waals surface area contributed by atoms with Crippen LogP contribution in [-0.4, -0.2) is 31.6 Å². The lowest BCUT2D eigenvalue weighted by Gasteiger charge is -2.23. The largest absolute Gasteiger partial charge is 0.468 e. The Kier molecular flexibility index (Phi) is 5.58. The number of carbonyl (C=O) groups excluding carboxylic acids is 1. The predicted octanol–water partition coefficient (Wildman–Crippen LogP) is 4.10. The van der Waals surface area contributed by atoms with Crippen molar-refractivity contribution < 1.29 is 9.21 Å². The number of furan rings is 1. The second-order valence-electron chi connectivity index (χ2n) is 6.64. The molecule has 136 valence electrons. The molecule has 2 aromatic carbocycles. The molecule has 0 aliphatic heterocycles. The standard InChI is InChI=1S/C21H25N3O2/c1-15(17-11-6-9-16-8-4-5-10-18(16)17)23-21(25)22-14-19(24(2)3)20-12-7-13-26-20/h4-13,15,19H,14H2,1-3H3,(H2,22,23,25). The van der Waals surface area contributed by atoms with Crippen molar-refractivity contribution in [2.45, 2.75) is 19.0 Å². The van der Waals surface area contributed by atoms with Gasteiger partial charge in [-0.25, -0.2) is 4.79 Å². The summed E-state index contributed by atoms with van der Waals surface area (Å²) in [6.07, 6.45) is 1.65. The lowest BCUT2D eigenvalue weighted by atomic mass is 10.00. The van der Waals surface area contributed by atoms with E-state index in [4.69, 9.17) is 4.42 Å². The van der Waals surface area contributed by atoms with Crippen LogP contribution < -0.4 is 10.6 Å². The molecule has 3 aromatic rings. The molecular formula is C21H25N3O2. The SMILES string of the molecule is CC(NC(=O)NCC(c1ccco1)N(C)C)c1cccc2ccccc12. The first-order chi connectivity index (χ1) is 12.6. The fourth-order valence-electron chi connectivity index (χ4n) is 3.16. The number of nitrogens with zero attached hydrogens (tertiary/aromatic N) is 1. The minimum atomic E-state index is -0.191. The zero-order valence-corrected chi connectivity index (χ0v) is 15.4. The monoisotopic (exact) mass is 351 g/mol. The van der Waals surface area contributed by atoms with Crippen molar-refractivity contribution in [1.82, 2.24) is 15.5 Å². The molecule has 1 heterocycles. The average molecular weight is 351 g/mol. The van der Waals surface area contributed by atoms with Gasteiger partial charge in [0.1, 0.15) is 5.76 Å². The Morgan fingerprint density at radius 1 is 1.08 bits per heavy atom. The molecule has 2 unspecified atom stereocenters. The Balaban J connectivity index is 1.64. The van der Waals surface area contributed by atoms with Gasteiger partial charge in [-0.15, -0.1) is 0 Å². The van der Waals surface area contributed by atoms with Crippen LogP contribution in [0.15, 0.2) is 65.3 Å². The fraction of sp³-hybridized carbons (Fsp3) is 0.286. The highest BCUT2D eigenvalue weighted by molar-refractivity contribution is 5.86. The van der Waals surface area contributed by atoms with Gasteiger partial charge in [0.25, 0.3) is 0 Å². The topological polar surface area (TPSA) is 57.5 Å². The van der Waals surface area contributed by atoms with Gasteiger partial charge in [-0.3, -0.25) is 4.90 Å². The molecular weight excluding hydrogens is 326 g/mol. The molecule has 0 radical (unpaired) electrons. The summed E-state index contributed by atoms with van der Waals surface area (Å²) in [6, 6.07) is 17.8. The first-order valence-electron chi connectivity index (χ1n) is 8.78. The second-order valence-corrected chi connectivity index (χ2v) is 6.64. The first kappa shape index (κ1) is 18.0. The lowest BCUT2D eigenvalue weighted by Crippen LogP contribution is -2.41. The Bertz CT molecular complexity index is 853. The number of hydrogen-bond acceptors (Lipinski definition) is 3. The van der Waals surface area contributed by atoms with Gasteiger partial charge in [0.05, 0.1) is 18.3 Å². The molecule has 26 heavy (non-hydrogen) atoms. The molecule has 2 amide bonds. The van der Waals surface area contributed by atoms with Crippen LogP contribution in [0.5, 0.6) is 0 Å². The quantitative estimate of drug-likeness (QED) is 0.703. The summed E-state index contributed by atoms with van der Waals surface area (Å²) in [7, 11) is 3.93. The van der Waals surface area contributed by atoms with E-state index in [0.29, 0.717) is 6.54 Å². The summed E-state index contributed by atoms with van der Waals surface area (Å²) >= 11 is 0. The molecule has 0 aliphatic carbocycles. The van der Waals surface area contributed by atoms with Crippen molar-refractivity contribution in [2.75, 3.05) is 20.6 Å². The van der Waals surface area contributed by atoms with E-state index in [1.165, 1.54) is 5.39 Å². The van der Waals surface area contributed by atoms with Crippen LogP contribution in [-0.2, 0) is 0 Å². The first-order valence-corrected chi connectivity index (χ1v) is 8.78. The number of nitrogens with one attached hydrogen (secondary N) is 2. The molecule has 0 spiro atoms. The summed E-state index contributed by atoms with van der Waals surface area (Å²) in [5, 5.41) is 8.31. The van der Waals surface area contributed by atoms with Crippen LogP contribution in [0.3, 0.4) is 0 Å². The van der Waals surface area contributed by atoms with Crippen molar-refractivity contribution in [2.24, 2.45) is 0 Å². The average Bonchev–Trinajstić information content (AvgIpc) is 3.15. The molecule has 1 aromatic heterocycles. The third kappa shape index (κ3) is 4.06. The van der Waals surface area contributed by atoms with Crippen LogP contribution in [0.1, 0.15) is 30.3 Å². The van der Waals surface area contributed by atoms with E-state index in [-0.39, 0.29) is 18.1 Å². The Labute approximate surface area is 154 Å². The Hall–Kier alpha value is -2.79. The molecule has 0 bridgehead atoms. The number of carbonyl (C=O) groups is 1. The third-order valence-electron chi connectivity index (χ3n) is 4.59. The highest BCUT2D eigenvalue weighted by Gasteiger charge is 2.19. The number of fused-ring (bicyclic) bond motifs is 1. The zero-order chi connectivity index (χ0) is 18.5. The summed E-state index contributed by atoms with van der Waals surface area (Å²) in [6.45, 7) is 2.46. The number of amides is 2. The van der Waals surface area contributed by atoms with E-state index in [1.807, 2.05) is 56.3 Å². The van der Waals surface area contributed by atoms with Crippen LogP contribution >= 0.6 is 0 Å². The molecule has 5 heteroatoms. The summed E-state index contributed by atoms with van der Waals surface area (Å²) in [4.78, 5) is 14.4.